The molecule has 0 aromatic heterocycles. The van der Waals surface area contributed by atoms with Crippen LogP contribution in [0, 0.1) is 0 Å². The molecule has 4 heteroatoms. The van der Waals surface area contributed by atoms with Crippen LogP contribution < -0.4 is 10.4 Å². The Morgan fingerprint density at radius 3 is 2.47 bits per heavy atom. The number of benzene rings is 1. The summed E-state index contributed by atoms with van der Waals surface area (Å²) in [6.45, 7) is 4.83. The average Bonchev–Trinajstić information content (AvgIpc) is 2.76. The van der Waals surface area contributed by atoms with E-state index in [2.05, 4.69) is 5.43 Å². The van der Waals surface area contributed by atoms with E-state index in [4.69, 9.17) is 0 Å². The molecule has 0 spiro atoms. The summed E-state index contributed by atoms with van der Waals surface area (Å²) in [5.41, 5.74) is 4.63. The highest BCUT2D eigenvalue weighted by atomic mass is 16.3. The van der Waals surface area contributed by atoms with Crippen LogP contribution in [-0.4, -0.2) is 24.2 Å². The molecular formula is C13H18N2O2. The third-order valence-corrected chi connectivity index (χ3v) is 3.18. The van der Waals surface area contributed by atoms with Gasteiger partial charge in [-0.1, -0.05) is 26.0 Å². The quantitative estimate of drug-likeness (QED) is 0.826. The fraction of sp³-hybridized carbons (Fsp3) is 0.462. The maximum absolute atomic E-state index is 11.1. The minimum atomic E-state index is -0.229. The fourth-order valence-electron chi connectivity index (χ4n) is 1.85. The number of aliphatic hydroxyl groups is 1. The third kappa shape index (κ3) is 2.42. The van der Waals surface area contributed by atoms with E-state index in [1.165, 1.54) is 0 Å². The van der Waals surface area contributed by atoms with Crippen molar-refractivity contribution in [1.82, 2.24) is 5.43 Å². The molecule has 1 aliphatic rings. The molecule has 0 atom stereocenters. The summed E-state index contributed by atoms with van der Waals surface area (Å²) in [4.78, 5) is 11.1. The molecule has 1 fully saturated rings. The number of aliphatic hydroxyl groups excluding tert-OH is 1. The number of hydrogen-bond donors (Lipinski definition) is 2. The van der Waals surface area contributed by atoms with Crippen molar-refractivity contribution in [2.24, 2.45) is 0 Å². The van der Waals surface area contributed by atoms with Gasteiger partial charge in [0.2, 0.25) is 5.91 Å². The van der Waals surface area contributed by atoms with E-state index in [0.717, 1.165) is 11.3 Å². The molecule has 17 heavy (non-hydrogen) atoms. The lowest BCUT2D eigenvalue weighted by Gasteiger charge is -2.24. The summed E-state index contributed by atoms with van der Waals surface area (Å²) in [6.07, 6.45) is 0.546. The number of carbonyl (C=O) groups is 1. The first-order valence-corrected chi connectivity index (χ1v) is 5.81. The average molecular weight is 234 g/mol. The lowest BCUT2D eigenvalue weighted by molar-refractivity contribution is -0.119. The Balaban J connectivity index is 2.16. The summed E-state index contributed by atoms with van der Waals surface area (Å²) in [6, 6.07) is 7.93. The monoisotopic (exact) mass is 234 g/mol. The first-order chi connectivity index (χ1) is 8.03. The van der Waals surface area contributed by atoms with Crippen molar-refractivity contribution in [2.75, 3.05) is 18.2 Å². The van der Waals surface area contributed by atoms with Gasteiger partial charge in [0.15, 0.2) is 0 Å². The zero-order chi connectivity index (χ0) is 12.5. The van der Waals surface area contributed by atoms with E-state index >= 15 is 0 Å². The molecule has 1 amide bonds. The van der Waals surface area contributed by atoms with Crippen molar-refractivity contribution < 1.29 is 9.90 Å². The smallest absolute Gasteiger partial charge is 0.240 e. The molecule has 1 saturated heterocycles. The van der Waals surface area contributed by atoms with Crippen LogP contribution >= 0.6 is 0 Å². The number of nitrogens with one attached hydrogen (secondary N) is 1. The third-order valence-electron chi connectivity index (χ3n) is 3.18. The van der Waals surface area contributed by atoms with Gasteiger partial charge in [-0.2, -0.15) is 0 Å². The van der Waals surface area contributed by atoms with E-state index < -0.39 is 0 Å². The molecule has 2 rings (SSSR count). The van der Waals surface area contributed by atoms with Crippen LogP contribution in [0.5, 0.6) is 0 Å². The van der Waals surface area contributed by atoms with Crippen molar-refractivity contribution in [1.29, 1.82) is 0 Å². The minimum Gasteiger partial charge on any atom is -0.395 e. The molecule has 0 saturated carbocycles. The predicted molar refractivity (Wildman–Crippen MR) is 66.7 cm³/mol. The van der Waals surface area contributed by atoms with Crippen molar-refractivity contribution >= 4 is 11.6 Å². The largest absolute Gasteiger partial charge is 0.395 e. The summed E-state index contributed by atoms with van der Waals surface area (Å²) in [7, 11) is 0. The van der Waals surface area contributed by atoms with Gasteiger partial charge in [-0.25, -0.2) is 0 Å². The maximum Gasteiger partial charge on any atom is 0.240 e. The summed E-state index contributed by atoms with van der Waals surface area (Å²) < 4.78 is 0. The molecule has 0 aliphatic carbocycles. The van der Waals surface area contributed by atoms with Crippen molar-refractivity contribution in [3.05, 3.63) is 29.8 Å². The molecule has 2 N–H and O–H groups in total. The first kappa shape index (κ1) is 11.9. The van der Waals surface area contributed by atoms with Crippen LogP contribution in [-0.2, 0) is 10.2 Å². The van der Waals surface area contributed by atoms with Gasteiger partial charge in [-0.05, 0) is 17.7 Å². The molecule has 1 aromatic carbocycles. The van der Waals surface area contributed by atoms with Crippen LogP contribution in [0.4, 0.5) is 5.69 Å². The summed E-state index contributed by atoms with van der Waals surface area (Å²) >= 11 is 0. The molecule has 1 heterocycles. The molecular weight excluding hydrogens is 216 g/mol. The molecule has 92 valence electrons. The van der Waals surface area contributed by atoms with Gasteiger partial charge < -0.3 is 5.11 Å². The zero-order valence-corrected chi connectivity index (χ0v) is 10.2. The van der Waals surface area contributed by atoms with Gasteiger partial charge in [-0.3, -0.25) is 15.2 Å². The Morgan fingerprint density at radius 2 is 2.00 bits per heavy atom. The fourth-order valence-corrected chi connectivity index (χ4v) is 1.85. The standard InChI is InChI=1S/C13H18N2O2/c1-13(2,9-16)10-3-5-11(6-4-10)15-8-7-12(17)14-15/h3-6,16H,7-9H2,1-2H3,(H,14,17). The van der Waals surface area contributed by atoms with Crippen molar-refractivity contribution in [2.45, 2.75) is 25.7 Å². The molecule has 4 nitrogen and oxygen atoms in total. The number of hydrazine groups is 1. The summed E-state index contributed by atoms with van der Waals surface area (Å²) in [5, 5.41) is 11.1. The number of hydrogen-bond acceptors (Lipinski definition) is 3. The van der Waals surface area contributed by atoms with Gasteiger partial charge in [0.05, 0.1) is 12.3 Å². The van der Waals surface area contributed by atoms with Gasteiger partial charge in [0.1, 0.15) is 0 Å². The van der Waals surface area contributed by atoms with E-state index in [0.29, 0.717) is 13.0 Å². The Labute approximate surface area is 101 Å². The highest BCUT2D eigenvalue weighted by Gasteiger charge is 2.21. The minimum absolute atomic E-state index is 0.0600. The molecule has 0 bridgehead atoms. The van der Waals surface area contributed by atoms with Crippen LogP contribution in [0.15, 0.2) is 24.3 Å². The molecule has 1 aliphatic heterocycles. The van der Waals surface area contributed by atoms with Crippen LogP contribution in [0.25, 0.3) is 0 Å². The Bertz CT molecular complexity index is 412. The number of rotatable bonds is 3. The summed E-state index contributed by atoms with van der Waals surface area (Å²) in [5.74, 6) is 0.0600. The Hall–Kier alpha value is -1.55. The highest BCUT2D eigenvalue weighted by Crippen LogP contribution is 2.25. The first-order valence-electron chi connectivity index (χ1n) is 5.81. The Morgan fingerprint density at radius 1 is 1.35 bits per heavy atom. The van der Waals surface area contributed by atoms with E-state index in [1.54, 1.807) is 0 Å². The number of anilines is 1. The number of nitrogens with zero attached hydrogens (tertiary/aromatic N) is 1. The second-order valence-corrected chi connectivity index (χ2v) is 5.03. The second kappa shape index (κ2) is 4.37. The number of carbonyl (C=O) groups excluding carboxylic acids is 1. The van der Waals surface area contributed by atoms with E-state index in [9.17, 15) is 9.90 Å². The maximum atomic E-state index is 11.1. The lowest BCUT2D eigenvalue weighted by Crippen LogP contribution is -2.33. The molecule has 0 unspecified atom stereocenters. The van der Waals surface area contributed by atoms with Gasteiger partial charge >= 0.3 is 0 Å². The normalized spacial score (nSPS) is 16.2. The predicted octanol–water partition coefficient (Wildman–Crippen LogP) is 1.20. The highest BCUT2D eigenvalue weighted by molar-refractivity contribution is 5.81. The lowest BCUT2D eigenvalue weighted by atomic mass is 9.85. The van der Waals surface area contributed by atoms with E-state index in [1.807, 2.05) is 43.1 Å². The molecule has 0 radical (unpaired) electrons. The number of amides is 1. The zero-order valence-electron chi connectivity index (χ0n) is 10.2. The van der Waals surface area contributed by atoms with Gasteiger partial charge in [0.25, 0.3) is 0 Å². The van der Waals surface area contributed by atoms with Gasteiger partial charge in [-0.15, -0.1) is 0 Å². The Kier molecular flexibility index (Phi) is 3.07. The second-order valence-electron chi connectivity index (χ2n) is 5.03. The van der Waals surface area contributed by atoms with Crippen LogP contribution in [0.2, 0.25) is 0 Å². The van der Waals surface area contributed by atoms with Crippen LogP contribution in [0.1, 0.15) is 25.8 Å². The van der Waals surface area contributed by atoms with Gasteiger partial charge in [0, 0.05) is 18.4 Å². The molecule has 1 aromatic rings. The van der Waals surface area contributed by atoms with Crippen molar-refractivity contribution in [3.8, 4) is 0 Å². The van der Waals surface area contributed by atoms with Crippen molar-refractivity contribution in [3.63, 3.8) is 0 Å². The SMILES string of the molecule is CC(C)(CO)c1ccc(N2CCC(=O)N2)cc1. The van der Waals surface area contributed by atoms with E-state index in [-0.39, 0.29) is 17.9 Å². The topological polar surface area (TPSA) is 52.6 Å². The van der Waals surface area contributed by atoms with Crippen LogP contribution in [0.3, 0.4) is 0 Å².